The summed E-state index contributed by atoms with van der Waals surface area (Å²) in [5.41, 5.74) is 3.89. The first kappa shape index (κ1) is 39.5. The lowest BCUT2D eigenvalue weighted by Gasteiger charge is -2.36. The molecule has 0 spiro atoms. The smallest absolute Gasteiger partial charge is 0.227 e. The van der Waals surface area contributed by atoms with Gasteiger partial charge in [0.05, 0.1) is 40.1 Å². The maximum absolute atomic E-state index is 14.5. The Morgan fingerprint density at radius 1 is 0.857 bits per heavy atom. The van der Waals surface area contributed by atoms with E-state index in [9.17, 15) is 25.6 Å². The Balaban J connectivity index is 1.16. The number of piperazine rings is 1. The molecular formula is C39H43F2N7O5S3. The first-order valence-corrected chi connectivity index (χ1v) is 22.9. The van der Waals surface area contributed by atoms with E-state index in [-0.39, 0.29) is 5.75 Å². The average molecular weight is 824 g/mol. The SMILES string of the molecule is CCOc1ccc(Nc2nccc(-c3sc(N4CCCC4)nc3-c3cccc(CS(=O)(=O)c4c(F)cccc4F)c3)n2)cc1N1CCN(CCS(C)(=O)=O)CC1. The number of sulfone groups is 2. The maximum atomic E-state index is 14.5. The van der Waals surface area contributed by atoms with Crippen LogP contribution in [-0.4, -0.2) is 101 Å². The van der Waals surface area contributed by atoms with E-state index in [0.29, 0.717) is 54.7 Å². The number of thiazole rings is 1. The van der Waals surface area contributed by atoms with E-state index in [2.05, 4.69) is 25.0 Å². The highest BCUT2D eigenvalue weighted by atomic mass is 32.2. The highest BCUT2D eigenvalue weighted by Crippen LogP contribution is 2.41. The molecule has 0 aliphatic carbocycles. The Morgan fingerprint density at radius 2 is 1.59 bits per heavy atom. The molecule has 12 nitrogen and oxygen atoms in total. The number of hydrogen-bond acceptors (Lipinski definition) is 13. The highest BCUT2D eigenvalue weighted by Gasteiger charge is 2.27. The molecule has 7 rings (SSSR count). The van der Waals surface area contributed by atoms with Gasteiger partial charge in [-0.05, 0) is 67.8 Å². The Kier molecular flexibility index (Phi) is 11.9. The van der Waals surface area contributed by atoms with Crippen molar-refractivity contribution in [3.05, 3.63) is 90.1 Å². The topological polar surface area (TPSA) is 138 Å². The summed E-state index contributed by atoms with van der Waals surface area (Å²) in [5, 5.41) is 4.17. The summed E-state index contributed by atoms with van der Waals surface area (Å²) in [4.78, 5) is 20.9. The zero-order chi connectivity index (χ0) is 39.5. The van der Waals surface area contributed by atoms with Crippen molar-refractivity contribution < 1.29 is 30.4 Å². The summed E-state index contributed by atoms with van der Waals surface area (Å²) >= 11 is 1.49. The summed E-state index contributed by atoms with van der Waals surface area (Å²) in [6.45, 7) is 7.54. The van der Waals surface area contributed by atoms with Crippen molar-refractivity contribution >= 4 is 53.5 Å². The van der Waals surface area contributed by atoms with Crippen LogP contribution in [0.4, 0.5) is 31.2 Å². The second kappa shape index (κ2) is 16.8. The van der Waals surface area contributed by atoms with Gasteiger partial charge in [0.1, 0.15) is 32.1 Å². The second-order valence-corrected chi connectivity index (χ2v) is 19.0. The Morgan fingerprint density at radius 3 is 2.30 bits per heavy atom. The van der Waals surface area contributed by atoms with Crippen molar-refractivity contribution in [3.8, 4) is 27.6 Å². The molecule has 0 saturated carbocycles. The molecule has 0 amide bonds. The number of ether oxygens (including phenoxy) is 1. The van der Waals surface area contributed by atoms with Crippen LogP contribution in [0.2, 0.25) is 0 Å². The molecule has 0 bridgehead atoms. The van der Waals surface area contributed by atoms with Gasteiger partial charge in [0.15, 0.2) is 15.0 Å². The fourth-order valence-electron chi connectivity index (χ4n) is 6.90. The molecule has 2 aliphatic rings. The van der Waals surface area contributed by atoms with Gasteiger partial charge in [-0.2, -0.15) is 0 Å². The van der Waals surface area contributed by atoms with Gasteiger partial charge in [-0.15, -0.1) is 0 Å². The molecule has 2 saturated heterocycles. The van der Waals surface area contributed by atoms with E-state index in [0.717, 1.165) is 84.4 Å². The van der Waals surface area contributed by atoms with Crippen LogP contribution < -0.4 is 19.9 Å². The summed E-state index contributed by atoms with van der Waals surface area (Å²) in [7, 11) is -7.38. The number of anilines is 4. The number of nitrogens with one attached hydrogen (secondary N) is 1. The molecule has 3 aromatic carbocycles. The zero-order valence-corrected chi connectivity index (χ0v) is 33.6. The van der Waals surface area contributed by atoms with Gasteiger partial charge in [-0.3, -0.25) is 4.90 Å². The summed E-state index contributed by atoms with van der Waals surface area (Å²) in [6.07, 6.45) is 5.03. The van der Waals surface area contributed by atoms with E-state index in [1.165, 1.54) is 17.6 Å². The molecule has 17 heteroatoms. The third-order valence-corrected chi connectivity index (χ3v) is 13.5. The first-order valence-electron chi connectivity index (χ1n) is 18.4. The quantitative estimate of drug-likeness (QED) is 0.132. The highest BCUT2D eigenvalue weighted by molar-refractivity contribution is 7.91. The molecule has 5 aromatic rings. The van der Waals surface area contributed by atoms with E-state index < -0.39 is 42.0 Å². The molecular weight excluding hydrogens is 781 g/mol. The number of benzene rings is 3. The molecule has 56 heavy (non-hydrogen) atoms. The Bertz CT molecular complexity index is 2400. The Labute approximate surface area is 330 Å². The monoisotopic (exact) mass is 823 g/mol. The van der Waals surface area contributed by atoms with E-state index in [1.807, 2.05) is 31.2 Å². The lowest BCUT2D eigenvalue weighted by atomic mass is 10.1. The molecule has 0 radical (unpaired) electrons. The number of aromatic nitrogens is 3. The van der Waals surface area contributed by atoms with E-state index in [4.69, 9.17) is 14.7 Å². The van der Waals surface area contributed by atoms with E-state index in [1.54, 1.807) is 30.5 Å². The van der Waals surface area contributed by atoms with Crippen molar-refractivity contribution in [2.75, 3.05) is 79.5 Å². The normalized spacial score (nSPS) is 15.4. The van der Waals surface area contributed by atoms with Crippen molar-refractivity contribution in [1.82, 2.24) is 19.9 Å². The van der Waals surface area contributed by atoms with Gasteiger partial charge >= 0.3 is 0 Å². The number of rotatable bonds is 14. The largest absolute Gasteiger partial charge is 0.492 e. The minimum Gasteiger partial charge on any atom is -0.492 e. The van der Waals surface area contributed by atoms with Crippen molar-refractivity contribution in [1.29, 1.82) is 0 Å². The molecule has 2 aromatic heterocycles. The number of halogens is 2. The van der Waals surface area contributed by atoms with Crippen molar-refractivity contribution in [2.24, 2.45) is 0 Å². The minimum atomic E-state index is -4.34. The Hall–Kier alpha value is -4.71. The van der Waals surface area contributed by atoms with Crippen LogP contribution in [0.5, 0.6) is 5.75 Å². The van der Waals surface area contributed by atoms with Crippen molar-refractivity contribution in [2.45, 2.75) is 30.4 Å². The van der Waals surface area contributed by atoms with Gasteiger partial charge in [-0.25, -0.2) is 40.6 Å². The zero-order valence-electron chi connectivity index (χ0n) is 31.1. The first-order chi connectivity index (χ1) is 26.9. The minimum absolute atomic E-state index is 0.133. The van der Waals surface area contributed by atoms with Crippen LogP contribution in [0.1, 0.15) is 25.3 Å². The van der Waals surface area contributed by atoms with Gasteiger partial charge in [-0.1, -0.05) is 35.6 Å². The molecule has 0 unspecified atom stereocenters. The summed E-state index contributed by atoms with van der Waals surface area (Å²) in [6, 6.07) is 17.5. The molecule has 2 aliphatic heterocycles. The molecule has 2 fully saturated rings. The van der Waals surface area contributed by atoms with Gasteiger partial charge in [0, 0.05) is 69.5 Å². The van der Waals surface area contributed by atoms with Crippen LogP contribution >= 0.6 is 11.3 Å². The van der Waals surface area contributed by atoms with Crippen molar-refractivity contribution in [3.63, 3.8) is 0 Å². The van der Waals surface area contributed by atoms with Gasteiger partial charge < -0.3 is 19.9 Å². The number of hydrogen-bond donors (Lipinski definition) is 1. The van der Waals surface area contributed by atoms with E-state index >= 15 is 0 Å². The third kappa shape index (κ3) is 9.28. The third-order valence-electron chi connectivity index (χ3n) is 9.67. The molecule has 296 valence electrons. The summed E-state index contributed by atoms with van der Waals surface area (Å²) in [5.74, 6) is -1.62. The lowest BCUT2D eigenvalue weighted by molar-refractivity contribution is 0.270. The fraction of sp³-hybridized carbons (Fsp3) is 0.359. The predicted octanol–water partition coefficient (Wildman–Crippen LogP) is 6.43. The fourth-order valence-corrected chi connectivity index (χ4v) is 10.1. The van der Waals surface area contributed by atoms with Gasteiger partial charge in [0.2, 0.25) is 5.95 Å². The maximum Gasteiger partial charge on any atom is 0.227 e. The van der Waals surface area contributed by atoms with Crippen LogP contribution in [0.15, 0.2) is 77.8 Å². The van der Waals surface area contributed by atoms with Crippen LogP contribution in [0, 0.1) is 11.6 Å². The lowest BCUT2D eigenvalue weighted by Crippen LogP contribution is -2.47. The molecule has 1 N–H and O–H groups in total. The van der Waals surface area contributed by atoms with Crippen LogP contribution in [0.25, 0.3) is 21.8 Å². The van der Waals surface area contributed by atoms with Gasteiger partial charge in [0.25, 0.3) is 0 Å². The number of nitrogens with zero attached hydrogens (tertiary/aromatic N) is 6. The molecule has 4 heterocycles. The summed E-state index contributed by atoms with van der Waals surface area (Å²) < 4.78 is 84.8. The standard InChI is InChI=1S/C39H43F2N7O5S3/c1-3-53-34-13-12-29(25-33(34)47-20-18-46(19-21-47)22-23-55(2,49)50)43-38-42-15-14-32(44-38)36-35(45-39(54-36)48-16-4-5-17-48)28-9-6-8-27(24-28)26-56(51,52)37-30(40)10-7-11-31(37)41/h6-15,24-25H,3-5,16-23,26H2,1-2H3,(H,42,43,44). The average Bonchev–Trinajstić information content (AvgIpc) is 3.86. The molecule has 0 atom stereocenters. The van der Waals surface area contributed by atoms with Crippen LogP contribution in [0.3, 0.4) is 0 Å². The second-order valence-electron chi connectivity index (χ2n) is 13.8. The van der Waals surface area contributed by atoms with Crippen LogP contribution in [-0.2, 0) is 25.4 Å². The predicted molar refractivity (Wildman–Crippen MR) is 217 cm³/mol.